The van der Waals surface area contributed by atoms with Crippen LogP contribution < -0.4 is 5.32 Å². The highest BCUT2D eigenvalue weighted by Gasteiger charge is 2.34. The summed E-state index contributed by atoms with van der Waals surface area (Å²) in [6.45, 7) is 1.08. The monoisotopic (exact) mass is 432 g/mol. The third-order valence-corrected chi connectivity index (χ3v) is 7.17. The maximum atomic E-state index is 13.3. The Labute approximate surface area is 176 Å². The van der Waals surface area contributed by atoms with Gasteiger partial charge in [0.15, 0.2) is 5.78 Å². The fourth-order valence-electron chi connectivity index (χ4n) is 3.68. The van der Waals surface area contributed by atoms with Crippen LogP contribution in [0.5, 0.6) is 0 Å². The first-order valence-corrected chi connectivity index (χ1v) is 11.4. The number of carbonyl (C=O) groups excluding carboxylic acids is 2. The molecule has 2 aromatic carbocycles. The van der Waals surface area contributed by atoms with Crippen LogP contribution in [0.3, 0.4) is 0 Å². The molecule has 1 saturated carbocycles. The fraction of sp³-hybridized carbons (Fsp3) is 0.364. The molecule has 0 atom stereocenters. The third kappa shape index (κ3) is 5.31. The van der Waals surface area contributed by atoms with Crippen molar-refractivity contribution in [1.82, 2.24) is 4.31 Å². The van der Waals surface area contributed by atoms with E-state index in [2.05, 4.69) is 5.32 Å². The highest BCUT2D eigenvalue weighted by atomic mass is 32.2. The van der Waals surface area contributed by atoms with Gasteiger partial charge in [0.1, 0.15) is 5.82 Å². The number of ketones is 1. The molecule has 0 aliphatic heterocycles. The fourth-order valence-corrected chi connectivity index (χ4v) is 5.32. The van der Waals surface area contributed by atoms with Crippen molar-refractivity contribution in [3.8, 4) is 0 Å². The van der Waals surface area contributed by atoms with Gasteiger partial charge in [0, 0.05) is 17.3 Å². The van der Waals surface area contributed by atoms with Crippen molar-refractivity contribution in [2.24, 2.45) is 0 Å². The summed E-state index contributed by atoms with van der Waals surface area (Å²) in [7, 11) is -3.97. The number of nitrogens with zero attached hydrogens (tertiary/aromatic N) is 1. The van der Waals surface area contributed by atoms with Crippen molar-refractivity contribution < 1.29 is 22.4 Å². The highest BCUT2D eigenvalue weighted by Crippen LogP contribution is 2.28. The number of amides is 1. The Morgan fingerprint density at radius 2 is 1.73 bits per heavy atom. The Kier molecular flexibility index (Phi) is 6.99. The molecule has 0 heterocycles. The zero-order chi connectivity index (χ0) is 21.7. The molecule has 3 rings (SSSR count). The van der Waals surface area contributed by atoms with Crippen molar-refractivity contribution >= 4 is 27.4 Å². The van der Waals surface area contributed by atoms with Crippen LogP contribution in [0, 0.1) is 5.82 Å². The molecule has 1 aliphatic rings. The molecular weight excluding hydrogens is 407 g/mol. The van der Waals surface area contributed by atoms with Crippen LogP contribution >= 0.6 is 0 Å². The van der Waals surface area contributed by atoms with Crippen molar-refractivity contribution in [2.75, 3.05) is 11.9 Å². The second kappa shape index (κ2) is 9.49. The molecule has 30 heavy (non-hydrogen) atoms. The molecule has 0 bridgehead atoms. The maximum absolute atomic E-state index is 13.3. The molecule has 2 aromatic rings. The van der Waals surface area contributed by atoms with Gasteiger partial charge in [-0.05, 0) is 56.2 Å². The zero-order valence-electron chi connectivity index (χ0n) is 16.8. The molecular formula is C22H25FN2O4S. The van der Waals surface area contributed by atoms with Crippen molar-refractivity contribution in [2.45, 2.75) is 50.0 Å². The lowest BCUT2D eigenvalue weighted by molar-refractivity contribution is -0.116. The minimum absolute atomic E-state index is 0.0409. The maximum Gasteiger partial charge on any atom is 0.243 e. The summed E-state index contributed by atoms with van der Waals surface area (Å²) < 4.78 is 41.0. The lowest BCUT2D eigenvalue weighted by atomic mass is 9.95. The Hall–Kier alpha value is -2.58. The molecule has 1 fully saturated rings. The van der Waals surface area contributed by atoms with Crippen LogP contribution in [-0.2, 0) is 14.8 Å². The lowest BCUT2D eigenvalue weighted by Gasteiger charge is -2.33. The Morgan fingerprint density at radius 3 is 2.37 bits per heavy atom. The Bertz CT molecular complexity index is 1020. The summed E-state index contributed by atoms with van der Waals surface area (Å²) in [6, 6.07) is 10.8. The van der Waals surface area contributed by atoms with E-state index < -0.39 is 21.7 Å². The minimum atomic E-state index is -3.97. The van der Waals surface area contributed by atoms with Gasteiger partial charge in [-0.1, -0.05) is 31.4 Å². The number of hydrogen-bond donors (Lipinski definition) is 1. The summed E-state index contributed by atoms with van der Waals surface area (Å²) in [5, 5.41) is 2.68. The third-order valence-electron chi connectivity index (χ3n) is 5.25. The van der Waals surface area contributed by atoms with E-state index in [9.17, 15) is 22.4 Å². The van der Waals surface area contributed by atoms with Crippen molar-refractivity contribution in [1.29, 1.82) is 0 Å². The van der Waals surface area contributed by atoms with Gasteiger partial charge in [-0.25, -0.2) is 12.8 Å². The first-order valence-electron chi connectivity index (χ1n) is 9.95. The number of carbonyl (C=O) groups is 2. The SMILES string of the molecule is CC(=O)c1cccc(NC(=O)CN(C2CCCCC2)S(=O)(=O)c2ccc(F)cc2)c1. The van der Waals surface area contributed by atoms with Crippen LogP contribution in [0.15, 0.2) is 53.4 Å². The topological polar surface area (TPSA) is 83.6 Å². The van der Waals surface area contributed by atoms with E-state index >= 15 is 0 Å². The van der Waals surface area contributed by atoms with Gasteiger partial charge in [-0.15, -0.1) is 0 Å². The van der Waals surface area contributed by atoms with Crippen molar-refractivity contribution in [3.05, 3.63) is 59.9 Å². The second-order valence-electron chi connectivity index (χ2n) is 7.48. The lowest BCUT2D eigenvalue weighted by Crippen LogP contribution is -2.45. The molecule has 1 amide bonds. The first-order chi connectivity index (χ1) is 14.3. The normalized spacial score (nSPS) is 15.2. The van der Waals surface area contributed by atoms with Gasteiger partial charge in [0.2, 0.25) is 15.9 Å². The largest absolute Gasteiger partial charge is 0.325 e. The number of benzene rings is 2. The van der Waals surface area contributed by atoms with Gasteiger partial charge in [-0.3, -0.25) is 9.59 Å². The molecule has 1 aliphatic carbocycles. The standard InChI is InChI=1S/C22H25FN2O4S/c1-16(26)17-6-5-7-19(14-17)24-22(27)15-25(20-8-3-2-4-9-20)30(28,29)21-12-10-18(23)11-13-21/h5-7,10-14,20H,2-4,8-9,15H2,1H3,(H,24,27). The van der Waals surface area contributed by atoms with Gasteiger partial charge in [0.05, 0.1) is 11.4 Å². The van der Waals surface area contributed by atoms with Crippen molar-refractivity contribution in [3.63, 3.8) is 0 Å². The number of nitrogens with one attached hydrogen (secondary N) is 1. The van der Waals surface area contributed by atoms with E-state index in [1.165, 1.54) is 23.4 Å². The Balaban J connectivity index is 1.83. The number of Topliss-reactive ketones (excluding diaryl/α,β-unsaturated/α-hetero) is 1. The molecule has 0 aromatic heterocycles. The average molecular weight is 433 g/mol. The smallest absolute Gasteiger partial charge is 0.243 e. The summed E-state index contributed by atoms with van der Waals surface area (Å²) in [5.41, 5.74) is 0.881. The predicted molar refractivity (Wildman–Crippen MR) is 112 cm³/mol. The number of anilines is 1. The minimum Gasteiger partial charge on any atom is -0.325 e. The molecule has 0 unspecified atom stereocenters. The molecule has 160 valence electrons. The van der Waals surface area contributed by atoms with Gasteiger partial charge < -0.3 is 5.32 Å². The summed E-state index contributed by atoms with van der Waals surface area (Å²) in [4.78, 5) is 24.2. The van der Waals surface area contributed by atoms with E-state index in [-0.39, 0.29) is 23.3 Å². The molecule has 0 spiro atoms. The summed E-state index contributed by atoms with van der Waals surface area (Å²) >= 11 is 0. The van der Waals surface area contributed by atoms with Crippen LogP contribution in [0.1, 0.15) is 49.4 Å². The van der Waals surface area contributed by atoms with E-state index in [0.29, 0.717) is 24.1 Å². The number of sulfonamides is 1. The van der Waals surface area contributed by atoms with Gasteiger partial charge >= 0.3 is 0 Å². The quantitative estimate of drug-likeness (QED) is 0.671. The summed E-state index contributed by atoms with van der Waals surface area (Å²) in [6.07, 6.45) is 4.16. The van der Waals surface area contributed by atoms with Gasteiger partial charge in [0.25, 0.3) is 0 Å². The molecule has 1 N–H and O–H groups in total. The van der Waals surface area contributed by atoms with E-state index in [1.807, 2.05) is 0 Å². The zero-order valence-corrected chi connectivity index (χ0v) is 17.6. The number of hydrogen-bond acceptors (Lipinski definition) is 4. The van der Waals surface area contributed by atoms with Gasteiger partial charge in [-0.2, -0.15) is 4.31 Å². The van der Waals surface area contributed by atoms with Crippen LogP contribution in [0.2, 0.25) is 0 Å². The average Bonchev–Trinajstić information content (AvgIpc) is 2.73. The van der Waals surface area contributed by atoms with E-state index in [4.69, 9.17) is 0 Å². The van der Waals surface area contributed by atoms with E-state index in [0.717, 1.165) is 31.4 Å². The number of rotatable bonds is 7. The predicted octanol–water partition coefficient (Wildman–Crippen LogP) is 3.99. The molecule has 8 heteroatoms. The molecule has 0 radical (unpaired) electrons. The summed E-state index contributed by atoms with van der Waals surface area (Å²) in [5.74, 6) is -1.15. The van der Waals surface area contributed by atoms with Crippen LogP contribution in [0.4, 0.5) is 10.1 Å². The second-order valence-corrected chi connectivity index (χ2v) is 9.37. The molecule has 0 saturated heterocycles. The number of halogens is 1. The molecule has 6 nitrogen and oxygen atoms in total. The first kappa shape index (κ1) is 22.1. The Morgan fingerprint density at radius 1 is 1.07 bits per heavy atom. The van der Waals surface area contributed by atoms with E-state index in [1.54, 1.807) is 24.3 Å². The highest BCUT2D eigenvalue weighted by molar-refractivity contribution is 7.89. The van der Waals surface area contributed by atoms with Crippen LogP contribution in [-0.4, -0.2) is 37.0 Å². The van der Waals surface area contributed by atoms with Crippen LogP contribution in [0.25, 0.3) is 0 Å².